The van der Waals surface area contributed by atoms with E-state index in [0.29, 0.717) is 13.0 Å². The van der Waals surface area contributed by atoms with E-state index in [1.54, 1.807) is 30.9 Å². The number of carbonyl (C=O) groups is 4. The van der Waals surface area contributed by atoms with Crippen LogP contribution in [0.4, 0.5) is 0 Å². The number of rotatable bonds is 17. The van der Waals surface area contributed by atoms with E-state index in [1.165, 1.54) is 14.0 Å². The van der Waals surface area contributed by atoms with Crippen molar-refractivity contribution < 1.29 is 33.8 Å². The monoisotopic (exact) mass is 632 g/mol. The molecule has 11 nitrogen and oxygen atoms in total. The number of nitrogens with two attached hydrogens (primary N) is 1. The van der Waals surface area contributed by atoms with Crippen molar-refractivity contribution in [3.63, 3.8) is 0 Å². The first kappa shape index (κ1) is 38.2. The van der Waals surface area contributed by atoms with Crippen LogP contribution in [0.25, 0.3) is 0 Å². The number of carboxylic acid groups (broad SMARTS) is 1. The summed E-state index contributed by atoms with van der Waals surface area (Å²) in [5, 5.41) is 12.8. The van der Waals surface area contributed by atoms with Gasteiger partial charge in [-0.15, -0.1) is 0 Å². The zero-order chi connectivity index (χ0) is 34.1. The number of aliphatic carboxylic acids is 1. The number of likely N-dealkylation sites (N-methyl/N-ethyl adjacent to an activating group) is 1. The van der Waals surface area contributed by atoms with Gasteiger partial charge in [0.05, 0.1) is 42.7 Å². The van der Waals surface area contributed by atoms with Crippen LogP contribution in [0.1, 0.15) is 72.8 Å². The number of nitrogens with one attached hydrogen (secondary N) is 1. The lowest BCUT2D eigenvalue weighted by Gasteiger charge is -2.40. The van der Waals surface area contributed by atoms with Gasteiger partial charge in [-0.05, 0) is 37.2 Å². The fraction of sp³-hybridized carbons (Fsp3) is 0.706. The largest absolute Gasteiger partial charge is 0.480 e. The Hall–Kier alpha value is -3.02. The molecule has 4 N–H and O–H groups in total. The first-order valence-electron chi connectivity index (χ1n) is 16.1. The van der Waals surface area contributed by atoms with E-state index in [2.05, 4.69) is 5.32 Å². The first-order valence-corrected chi connectivity index (χ1v) is 16.1. The van der Waals surface area contributed by atoms with Gasteiger partial charge in [-0.25, -0.2) is 4.79 Å². The summed E-state index contributed by atoms with van der Waals surface area (Å²) >= 11 is 0. The Kier molecular flexibility index (Phi) is 14.5. The number of carboxylic acids is 1. The van der Waals surface area contributed by atoms with Gasteiger partial charge >= 0.3 is 5.97 Å². The van der Waals surface area contributed by atoms with Crippen molar-refractivity contribution in [2.75, 3.05) is 27.8 Å². The van der Waals surface area contributed by atoms with Crippen molar-refractivity contribution in [1.29, 1.82) is 0 Å². The van der Waals surface area contributed by atoms with Gasteiger partial charge in [0.15, 0.2) is 0 Å². The lowest BCUT2D eigenvalue weighted by atomic mass is 9.89. The number of amides is 3. The molecule has 1 aromatic rings. The van der Waals surface area contributed by atoms with Crippen molar-refractivity contribution in [2.24, 2.45) is 23.5 Å². The summed E-state index contributed by atoms with van der Waals surface area (Å²) in [4.78, 5) is 56.3. The van der Waals surface area contributed by atoms with Gasteiger partial charge in [0.25, 0.3) is 0 Å². The second-order valence-corrected chi connectivity index (χ2v) is 13.1. The maximum atomic E-state index is 13.9. The average Bonchev–Trinajstić information content (AvgIpc) is 3.49. The number of hydrogen-bond acceptors (Lipinski definition) is 7. The lowest BCUT2D eigenvalue weighted by molar-refractivity contribution is -0.150. The Morgan fingerprint density at radius 2 is 1.73 bits per heavy atom. The predicted molar refractivity (Wildman–Crippen MR) is 173 cm³/mol. The van der Waals surface area contributed by atoms with E-state index in [-0.39, 0.29) is 48.6 Å². The highest BCUT2D eigenvalue weighted by molar-refractivity contribution is 5.88. The standard InChI is InChI=1S/C34H56N4O7/c1-10-22(4)29(37(7)32(41)28(35)21(2)3)26(44-8)19-27(39)38-18-14-17-25(38)30(45-9)23(5)31(40)36-34(6,33(42)43)20-24-15-12-11-13-16-24/h11-13,15-16,21-23,25-26,28-30H,10,14,17-20,35H2,1-9H3,(H,36,40)(H,42,43)/t22-,23+,25-,26+,28-,29-,30+,34-/m0/s1. The minimum absolute atomic E-state index is 0.0395. The fourth-order valence-electron chi connectivity index (χ4n) is 6.39. The highest BCUT2D eigenvalue weighted by Crippen LogP contribution is 2.30. The molecule has 1 aliphatic heterocycles. The van der Waals surface area contributed by atoms with Crippen molar-refractivity contribution in [3.05, 3.63) is 35.9 Å². The highest BCUT2D eigenvalue weighted by Gasteiger charge is 2.44. The van der Waals surface area contributed by atoms with E-state index in [1.807, 2.05) is 58.0 Å². The van der Waals surface area contributed by atoms with Gasteiger partial charge in [0, 0.05) is 34.2 Å². The van der Waals surface area contributed by atoms with Crippen molar-refractivity contribution in [2.45, 2.75) is 110 Å². The molecule has 0 aliphatic carbocycles. The Morgan fingerprint density at radius 3 is 2.24 bits per heavy atom. The second-order valence-electron chi connectivity index (χ2n) is 13.1. The Labute approximate surface area is 269 Å². The number of hydrogen-bond donors (Lipinski definition) is 3. The van der Waals surface area contributed by atoms with Crippen molar-refractivity contribution in [3.8, 4) is 0 Å². The molecule has 1 fully saturated rings. The van der Waals surface area contributed by atoms with Gasteiger partial charge in [0.2, 0.25) is 17.7 Å². The van der Waals surface area contributed by atoms with Crippen molar-refractivity contribution in [1.82, 2.24) is 15.1 Å². The van der Waals surface area contributed by atoms with Crippen LogP contribution in [0.2, 0.25) is 0 Å². The number of likely N-dealkylation sites (tertiary alicyclic amines) is 1. The summed E-state index contributed by atoms with van der Waals surface area (Å²) < 4.78 is 11.7. The first-order chi connectivity index (χ1) is 21.1. The molecule has 0 aromatic heterocycles. The lowest BCUT2D eigenvalue weighted by Crippen LogP contribution is -2.58. The van der Waals surface area contributed by atoms with Gasteiger partial charge in [-0.1, -0.05) is 71.4 Å². The molecule has 0 saturated carbocycles. The molecule has 1 saturated heterocycles. The third-order valence-electron chi connectivity index (χ3n) is 9.53. The Bertz CT molecular complexity index is 1130. The third kappa shape index (κ3) is 9.50. The van der Waals surface area contributed by atoms with Crippen LogP contribution < -0.4 is 11.1 Å². The summed E-state index contributed by atoms with van der Waals surface area (Å²) in [5.41, 5.74) is 5.46. The maximum absolute atomic E-state index is 13.9. The zero-order valence-electron chi connectivity index (χ0n) is 28.6. The van der Waals surface area contributed by atoms with Crippen LogP contribution in [0, 0.1) is 17.8 Å². The van der Waals surface area contributed by atoms with E-state index in [0.717, 1.165) is 18.4 Å². The quantitative estimate of drug-likeness (QED) is 0.237. The summed E-state index contributed by atoms with van der Waals surface area (Å²) in [6.07, 6.45) is 1.07. The van der Waals surface area contributed by atoms with Crippen molar-refractivity contribution >= 4 is 23.7 Å². The molecule has 2 rings (SSSR count). The van der Waals surface area contributed by atoms with E-state index >= 15 is 0 Å². The minimum atomic E-state index is -1.53. The van der Waals surface area contributed by atoms with E-state index in [4.69, 9.17) is 15.2 Å². The molecule has 11 heteroatoms. The van der Waals surface area contributed by atoms with E-state index < -0.39 is 41.6 Å². The maximum Gasteiger partial charge on any atom is 0.329 e. The van der Waals surface area contributed by atoms with E-state index in [9.17, 15) is 24.3 Å². The van der Waals surface area contributed by atoms with Gasteiger partial charge in [0.1, 0.15) is 5.54 Å². The van der Waals surface area contributed by atoms with Crippen LogP contribution in [0.15, 0.2) is 30.3 Å². The summed E-state index contributed by atoms with van der Waals surface area (Å²) in [6, 6.07) is 7.72. The molecule has 3 amide bonds. The van der Waals surface area contributed by atoms with Gasteiger partial charge < -0.3 is 35.4 Å². The molecular weight excluding hydrogens is 576 g/mol. The SMILES string of the molecule is CC[C@H](C)[C@@H]([C@@H](CC(=O)N1CCC[C@H]1[C@H](OC)[C@@H](C)C(=O)N[C@@](C)(Cc1ccccc1)C(=O)O)OC)N(C)C(=O)[C@@H](N)C(C)C. The fourth-order valence-corrected chi connectivity index (χ4v) is 6.39. The number of benzene rings is 1. The van der Waals surface area contributed by atoms with Crippen LogP contribution in [-0.4, -0.2) is 102 Å². The molecule has 1 aliphatic rings. The number of ether oxygens (including phenoxy) is 2. The smallest absolute Gasteiger partial charge is 0.329 e. The molecule has 0 radical (unpaired) electrons. The number of methoxy groups -OCH3 is 2. The van der Waals surface area contributed by atoms with Gasteiger partial charge in [-0.2, -0.15) is 0 Å². The summed E-state index contributed by atoms with van der Waals surface area (Å²) in [5.74, 6) is -2.68. The van der Waals surface area contributed by atoms with Gasteiger partial charge in [-0.3, -0.25) is 14.4 Å². The van der Waals surface area contributed by atoms with Crippen LogP contribution >= 0.6 is 0 Å². The van der Waals surface area contributed by atoms with Crippen LogP contribution in [-0.2, 0) is 35.1 Å². The Morgan fingerprint density at radius 1 is 1.11 bits per heavy atom. The normalized spacial score (nSPS) is 20.4. The zero-order valence-corrected chi connectivity index (χ0v) is 28.6. The van der Waals surface area contributed by atoms with Crippen LogP contribution in [0.5, 0.6) is 0 Å². The number of carbonyl (C=O) groups excluding carboxylic acids is 3. The second kappa shape index (κ2) is 17.1. The summed E-state index contributed by atoms with van der Waals surface area (Å²) in [7, 11) is 4.78. The topological polar surface area (TPSA) is 152 Å². The average molecular weight is 633 g/mol. The number of nitrogens with zero attached hydrogens (tertiary/aromatic N) is 2. The minimum Gasteiger partial charge on any atom is -0.480 e. The molecule has 8 atom stereocenters. The third-order valence-corrected chi connectivity index (χ3v) is 9.53. The Balaban J connectivity index is 2.24. The molecule has 0 bridgehead atoms. The molecule has 1 aromatic carbocycles. The molecular formula is C34H56N4O7. The summed E-state index contributed by atoms with van der Waals surface area (Å²) in [6.45, 7) is 11.6. The molecule has 1 heterocycles. The van der Waals surface area contributed by atoms with Crippen LogP contribution in [0.3, 0.4) is 0 Å². The molecule has 45 heavy (non-hydrogen) atoms. The molecule has 0 spiro atoms. The molecule has 0 unspecified atom stereocenters. The molecule has 254 valence electrons. The highest BCUT2D eigenvalue weighted by atomic mass is 16.5. The predicted octanol–water partition coefficient (Wildman–Crippen LogP) is 3.09.